The predicted molar refractivity (Wildman–Crippen MR) is 87.3 cm³/mol. The van der Waals surface area contributed by atoms with Crippen molar-refractivity contribution in [3.8, 4) is 0 Å². The molecule has 0 saturated carbocycles. The molecular weight excluding hydrogens is 262 g/mol. The quantitative estimate of drug-likeness (QED) is 0.527. The van der Waals surface area contributed by atoms with E-state index in [0.29, 0.717) is 0 Å². The molecule has 0 spiro atoms. The molecule has 2 rings (SSSR count). The Kier molecular flexibility index (Phi) is 4.80. The Bertz CT molecular complexity index is 506. The Morgan fingerprint density at radius 2 is 1.67 bits per heavy atom. The molecule has 0 unspecified atom stereocenters. The summed E-state index contributed by atoms with van der Waals surface area (Å²) in [6.07, 6.45) is 3.62. The normalized spacial score (nSPS) is 17.4. The van der Waals surface area contributed by atoms with Gasteiger partial charge in [-0.2, -0.15) is 0 Å². The molecule has 2 N–H and O–H groups in total. The third kappa shape index (κ3) is 4.69. The highest BCUT2D eigenvalue weighted by atomic mass is 16.1. The third-order valence-corrected chi connectivity index (χ3v) is 3.57. The summed E-state index contributed by atoms with van der Waals surface area (Å²) in [6, 6.07) is 7.84. The van der Waals surface area contributed by atoms with Gasteiger partial charge in [0.2, 0.25) is 0 Å². The van der Waals surface area contributed by atoms with Gasteiger partial charge in [-0.05, 0) is 35.8 Å². The first-order valence-corrected chi connectivity index (χ1v) is 7.43. The van der Waals surface area contributed by atoms with Crippen molar-refractivity contribution in [1.29, 1.82) is 0 Å². The maximum absolute atomic E-state index is 12.1. The third-order valence-electron chi connectivity index (χ3n) is 3.57. The highest BCUT2D eigenvalue weighted by Crippen LogP contribution is 2.18. The number of carbonyl (C=O) groups is 1. The van der Waals surface area contributed by atoms with Crippen LogP contribution in [0.5, 0.6) is 0 Å². The number of nitrogens with zero attached hydrogens (tertiary/aromatic N) is 2. The van der Waals surface area contributed by atoms with Crippen molar-refractivity contribution >= 4 is 11.5 Å². The summed E-state index contributed by atoms with van der Waals surface area (Å²) >= 11 is 0. The Balaban J connectivity index is 2.02. The summed E-state index contributed by atoms with van der Waals surface area (Å²) in [7, 11) is 0. The van der Waals surface area contributed by atoms with Gasteiger partial charge in [0.15, 0.2) is 5.78 Å². The van der Waals surface area contributed by atoms with E-state index in [0.717, 1.165) is 37.4 Å². The Morgan fingerprint density at radius 3 is 2.19 bits per heavy atom. The van der Waals surface area contributed by atoms with E-state index in [1.54, 1.807) is 6.08 Å². The van der Waals surface area contributed by atoms with Gasteiger partial charge in [0.1, 0.15) is 0 Å². The summed E-state index contributed by atoms with van der Waals surface area (Å²) in [4.78, 5) is 14.4. The molecule has 1 aliphatic rings. The van der Waals surface area contributed by atoms with E-state index in [9.17, 15) is 4.79 Å². The zero-order valence-electron chi connectivity index (χ0n) is 13.2. The second-order valence-corrected chi connectivity index (χ2v) is 6.63. The van der Waals surface area contributed by atoms with Crippen LogP contribution in [-0.4, -0.2) is 37.0 Å². The molecule has 0 amide bonds. The number of benzene rings is 1. The SMILES string of the molecule is CC(C)(C)/C=C/C(=O)c1ccc(N2CCN(N)CC2)cc1. The van der Waals surface area contributed by atoms with Crippen molar-refractivity contribution < 1.29 is 4.79 Å². The largest absolute Gasteiger partial charge is 0.369 e. The molecule has 4 heteroatoms. The van der Waals surface area contributed by atoms with Gasteiger partial charge in [-0.25, -0.2) is 5.01 Å². The van der Waals surface area contributed by atoms with Gasteiger partial charge in [0, 0.05) is 37.4 Å². The number of hydrogen-bond acceptors (Lipinski definition) is 4. The van der Waals surface area contributed by atoms with Crippen molar-refractivity contribution in [2.75, 3.05) is 31.1 Å². The molecule has 1 fully saturated rings. The summed E-state index contributed by atoms with van der Waals surface area (Å²) in [5.74, 6) is 5.82. The summed E-state index contributed by atoms with van der Waals surface area (Å²) < 4.78 is 0. The molecule has 1 aromatic rings. The van der Waals surface area contributed by atoms with E-state index >= 15 is 0 Å². The van der Waals surface area contributed by atoms with Gasteiger partial charge in [0.25, 0.3) is 0 Å². The maximum Gasteiger partial charge on any atom is 0.185 e. The summed E-state index contributed by atoms with van der Waals surface area (Å²) in [5, 5.41) is 1.84. The van der Waals surface area contributed by atoms with E-state index in [1.807, 2.05) is 35.4 Å². The van der Waals surface area contributed by atoms with Crippen molar-refractivity contribution in [2.24, 2.45) is 11.3 Å². The van der Waals surface area contributed by atoms with E-state index in [2.05, 4.69) is 25.7 Å². The van der Waals surface area contributed by atoms with Crippen LogP contribution in [0.4, 0.5) is 5.69 Å². The number of ketones is 1. The van der Waals surface area contributed by atoms with Gasteiger partial charge >= 0.3 is 0 Å². The molecule has 4 nitrogen and oxygen atoms in total. The van der Waals surface area contributed by atoms with Crippen LogP contribution in [0.15, 0.2) is 36.4 Å². The minimum Gasteiger partial charge on any atom is -0.369 e. The van der Waals surface area contributed by atoms with Gasteiger partial charge in [-0.3, -0.25) is 10.6 Å². The molecule has 0 bridgehead atoms. The molecular formula is C17H25N3O. The second-order valence-electron chi connectivity index (χ2n) is 6.63. The molecule has 0 atom stereocenters. The zero-order valence-corrected chi connectivity index (χ0v) is 13.2. The van der Waals surface area contributed by atoms with Gasteiger partial charge in [-0.15, -0.1) is 0 Å². The fraction of sp³-hybridized carbons (Fsp3) is 0.471. The first-order valence-electron chi connectivity index (χ1n) is 7.43. The van der Waals surface area contributed by atoms with Crippen LogP contribution in [0.25, 0.3) is 0 Å². The maximum atomic E-state index is 12.1. The number of nitrogens with two attached hydrogens (primary N) is 1. The van der Waals surface area contributed by atoms with E-state index in [1.165, 1.54) is 0 Å². The Labute approximate surface area is 127 Å². The highest BCUT2D eigenvalue weighted by Gasteiger charge is 2.15. The second kappa shape index (κ2) is 6.41. The summed E-state index contributed by atoms with van der Waals surface area (Å²) in [6.45, 7) is 9.83. The fourth-order valence-electron chi connectivity index (χ4n) is 2.24. The zero-order chi connectivity index (χ0) is 15.5. The van der Waals surface area contributed by atoms with Crippen LogP contribution in [-0.2, 0) is 0 Å². The monoisotopic (exact) mass is 287 g/mol. The summed E-state index contributed by atoms with van der Waals surface area (Å²) in [5.41, 5.74) is 1.91. The lowest BCUT2D eigenvalue weighted by Gasteiger charge is -2.33. The minimum absolute atomic E-state index is 0.0253. The molecule has 1 aliphatic heterocycles. The number of anilines is 1. The molecule has 0 radical (unpaired) electrons. The number of allylic oxidation sites excluding steroid dienone is 2. The number of hydrogen-bond donors (Lipinski definition) is 1. The minimum atomic E-state index is 0.0253. The molecule has 0 aliphatic carbocycles. The number of piperazine rings is 1. The van der Waals surface area contributed by atoms with E-state index in [4.69, 9.17) is 5.84 Å². The van der Waals surface area contributed by atoms with Crippen LogP contribution in [0.1, 0.15) is 31.1 Å². The van der Waals surface area contributed by atoms with Gasteiger partial charge < -0.3 is 4.90 Å². The van der Waals surface area contributed by atoms with Crippen LogP contribution in [0.3, 0.4) is 0 Å². The Morgan fingerprint density at radius 1 is 1.10 bits per heavy atom. The first kappa shape index (κ1) is 15.7. The van der Waals surface area contributed by atoms with Gasteiger partial charge in [-0.1, -0.05) is 26.8 Å². The van der Waals surface area contributed by atoms with Crippen LogP contribution >= 0.6 is 0 Å². The van der Waals surface area contributed by atoms with Crippen LogP contribution in [0, 0.1) is 5.41 Å². The lowest BCUT2D eigenvalue weighted by Crippen LogP contribution is -2.49. The smallest absolute Gasteiger partial charge is 0.185 e. The number of carbonyl (C=O) groups excluding carboxylic acids is 1. The number of rotatable bonds is 3. The fourth-order valence-corrected chi connectivity index (χ4v) is 2.24. The lowest BCUT2D eigenvalue weighted by atomic mass is 9.95. The van der Waals surface area contributed by atoms with E-state index in [-0.39, 0.29) is 11.2 Å². The van der Waals surface area contributed by atoms with Crippen molar-refractivity contribution in [3.05, 3.63) is 42.0 Å². The molecule has 114 valence electrons. The van der Waals surface area contributed by atoms with Crippen molar-refractivity contribution in [1.82, 2.24) is 5.01 Å². The van der Waals surface area contributed by atoms with E-state index < -0.39 is 0 Å². The average Bonchev–Trinajstić information content (AvgIpc) is 2.45. The highest BCUT2D eigenvalue weighted by molar-refractivity contribution is 6.04. The molecule has 1 saturated heterocycles. The van der Waals surface area contributed by atoms with Gasteiger partial charge in [0.05, 0.1) is 0 Å². The first-order chi connectivity index (χ1) is 9.85. The molecule has 21 heavy (non-hydrogen) atoms. The molecule has 1 heterocycles. The standard InChI is InChI=1S/C17H25N3O/c1-17(2,3)9-8-16(21)14-4-6-15(7-5-14)19-10-12-20(18)13-11-19/h4-9H,10-13,18H2,1-3H3/b9-8+. The lowest BCUT2D eigenvalue weighted by molar-refractivity contribution is 0.104. The molecule has 1 aromatic carbocycles. The molecule has 0 aromatic heterocycles. The van der Waals surface area contributed by atoms with Crippen LogP contribution < -0.4 is 10.7 Å². The van der Waals surface area contributed by atoms with Crippen molar-refractivity contribution in [3.63, 3.8) is 0 Å². The average molecular weight is 287 g/mol. The van der Waals surface area contributed by atoms with Crippen LogP contribution in [0.2, 0.25) is 0 Å². The number of hydrazine groups is 1. The topological polar surface area (TPSA) is 49.6 Å². The van der Waals surface area contributed by atoms with Crippen molar-refractivity contribution in [2.45, 2.75) is 20.8 Å². The predicted octanol–water partition coefficient (Wildman–Crippen LogP) is 2.47. The Hall–Kier alpha value is -1.65.